The second-order valence-corrected chi connectivity index (χ2v) is 8.77. The molecular weight excluding hydrogens is 362 g/mol. The van der Waals surface area contributed by atoms with E-state index >= 15 is 0 Å². The number of thiophene rings is 1. The van der Waals surface area contributed by atoms with Gasteiger partial charge in [0.15, 0.2) is 11.0 Å². The molecule has 0 N–H and O–H groups in total. The Labute approximate surface area is 162 Å². The summed E-state index contributed by atoms with van der Waals surface area (Å²) in [5.74, 6) is 2.98. The van der Waals surface area contributed by atoms with Crippen LogP contribution in [0.2, 0.25) is 0 Å². The van der Waals surface area contributed by atoms with Gasteiger partial charge in [-0.3, -0.25) is 4.57 Å². The van der Waals surface area contributed by atoms with E-state index in [1.165, 1.54) is 28.8 Å². The molecule has 0 radical (unpaired) electrons. The molecule has 0 aliphatic heterocycles. The standard InChI is InChI=1S/C20H23N3OS2/c1-14-11-15(2)13-17(12-14)24-8-4-10-26-20-22-21-19(18-5-3-9-25-18)23(20)16-6-7-16/h3,5,9,11-13,16H,4,6-8,10H2,1-2H3. The smallest absolute Gasteiger partial charge is 0.191 e. The third-order valence-corrected chi connectivity index (χ3v) is 6.20. The summed E-state index contributed by atoms with van der Waals surface area (Å²) in [4.78, 5) is 1.20. The van der Waals surface area contributed by atoms with Gasteiger partial charge in [0.25, 0.3) is 0 Å². The van der Waals surface area contributed by atoms with E-state index in [1.807, 2.05) is 0 Å². The molecule has 1 fully saturated rings. The summed E-state index contributed by atoms with van der Waals surface area (Å²) in [5.41, 5.74) is 2.49. The van der Waals surface area contributed by atoms with Crippen LogP contribution in [0.5, 0.6) is 5.75 Å². The maximum Gasteiger partial charge on any atom is 0.191 e. The van der Waals surface area contributed by atoms with Crippen molar-refractivity contribution in [1.82, 2.24) is 14.8 Å². The Morgan fingerprint density at radius 1 is 1.19 bits per heavy atom. The van der Waals surface area contributed by atoms with Gasteiger partial charge >= 0.3 is 0 Å². The van der Waals surface area contributed by atoms with E-state index in [1.54, 1.807) is 23.1 Å². The van der Waals surface area contributed by atoms with Crippen LogP contribution in [0.3, 0.4) is 0 Å². The van der Waals surface area contributed by atoms with Crippen molar-refractivity contribution < 1.29 is 4.74 Å². The normalized spacial score (nSPS) is 13.9. The number of ether oxygens (including phenoxy) is 1. The van der Waals surface area contributed by atoms with Crippen molar-refractivity contribution in [2.75, 3.05) is 12.4 Å². The molecule has 0 unspecified atom stereocenters. The van der Waals surface area contributed by atoms with Crippen LogP contribution in [0, 0.1) is 13.8 Å². The zero-order chi connectivity index (χ0) is 17.9. The van der Waals surface area contributed by atoms with Gasteiger partial charge in [0.1, 0.15) is 5.75 Å². The zero-order valence-corrected chi connectivity index (χ0v) is 16.8. The summed E-state index contributed by atoms with van der Waals surface area (Å²) in [6.45, 7) is 4.93. The highest BCUT2D eigenvalue weighted by molar-refractivity contribution is 7.99. The van der Waals surface area contributed by atoms with Crippen molar-refractivity contribution >= 4 is 23.1 Å². The fourth-order valence-electron chi connectivity index (χ4n) is 3.04. The molecule has 0 saturated heterocycles. The van der Waals surface area contributed by atoms with Gasteiger partial charge in [-0.2, -0.15) is 0 Å². The summed E-state index contributed by atoms with van der Waals surface area (Å²) >= 11 is 3.52. The molecule has 4 rings (SSSR count). The number of rotatable bonds is 8. The summed E-state index contributed by atoms with van der Waals surface area (Å²) in [5, 5.41) is 12.1. The second-order valence-electron chi connectivity index (χ2n) is 6.76. The quantitative estimate of drug-likeness (QED) is 0.378. The fraction of sp³-hybridized carbons (Fsp3) is 0.400. The summed E-state index contributed by atoms with van der Waals surface area (Å²) in [6.07, 6.45) is 3.46. The molecule has 0 spiro atoms. The van der Waals surface area contributed by atoms with Gasteiger partial charge in [0, 0.05) is 11.8 Å². The number of thioether (sulfide) groups is 1. The first-order valence-electron chi connectivity index (χ1n) is 9.03. The van der Waals surface area contributed by atoms with E-state index in [9.17, 15) is 0 Å². The molecule has 2 aromatic heterocycles. The highest BCUT2D eigenvalue weighted by atomic mass is 32.2. The Bertz CT molecular complexity index is 849. The molecule has 26 heavy (non-hydrogen) atoms. The van der Waals surface area contributed by atoms with Gasteiger partial charge < -0.3 is 4.74 Å². The molecule has 0 bridgehead atoms. The molecule has 4 nitrogen and oxygen atoms in total. The minimum absolute atomic E-state index is 0.580. The molecule has 3 aromatic rings. The first-order chi connectivity index (χ1) is 12.7. The first-order valence-corrected chi connectivity index (χ1v) is 10.9. The Morgan fingerprint density at radius 2 is 2.00 bits per heavy atom. The molecule has 2 heterocycles. The first kappa shape index (κ1) is 17.6. The van der Waals surface area contributed by atoms with E-state index in [-0.39, 0.29) is 0 Å². The number of nitrogens with zero attached hydrogens (tertiary/aromatic N) is 3. The fourth-order valence-corrected chi connectivity index (χ4v) is 4.66. The van der Waals surface area contributed by atoms with Crippen LogP contribution in [0.15, 0.2) is 40.9 Å². The van der Waals surface area contributed by atoms with Crippen molar-refractivity contribution in [3.8, 4) is 16.5 Å². The number of aryl methyl sites for hydroxylation is 2. The lowest BCUT2D eigenvalue weighted by molar-refractivity contribution is 0.318. The Kier molecular flexibility index (Phi) is 5.31. The molecule has 6 heteroatoms. The van der Waals surface area contributed by atoms with E-state index in [0.717, 1.165) is 35.5 Å². The van der Waals surface area contributed by atoms with Gasteiger partial charge in [-0.1, -0.05) is 23.9 Å². The van der Waals surface area contributed by atoms with Gasteiger partial charge in [-0.05, 0) is 67.8 Å². The topological polar surface area (TPSA) is 39.9 Å². The van der Waals surface area contributed by atoms with E-state index in [4.69, 9.17) is 4.74 Å². The van der Waals surface area contributed by atoms with Crippen LogP contribution < -0.4 is 4.74 Å². The minimum atomic E-state index is 0.580. The molecule has 1 aliphatic carbocycles. The van der Waals surface area contributed by atoms with Crippen molar-refractivity contribution in [1.29, 1.82) is 0 Å². The lowest BCUT2D eigenvalue weighted by Gasteiger charge is -2.09. The number of aromatic nitrogens is 3. The van der Waals surface area contributed by atoms with E-state index in [0.29, 0.717) is 6.04 Å². The van der Waals surface area contributed by atoms with Crippen molar-refractivity contribution in [3.63, 3.8) is 0 Å². The van der Waals surface area contributed by atoms with Gasteiger partial charge in [0.2, 0.25) is 0 Å². The number of hydrogen-bond acceptors (Lipinski definition) is 5. The number of benzene rings is 1. The van der Waals surface area contributed by atoms with Crippen molar-refractivity contribution in [2.45, 2.75) is 44.3 Å². The molecule has 1 aliphatic rings. The molecule has 0 amide bonds. The van der Waals surface area contributed by atoms with E-state index in [2.05, 4.69) is 64.3 Å². The molecule has 0 atom stereocenters. The Morgan fingerprint density at radius 3 is 2.69 bits per heavy atom. The van der Waals surface area contributed by atoms with Crippen LogP contribution in [-0.4, -0.2) is 27.1 Å². The predicted octanol–water partition coefficient (Wildman–Crippen LogP) is 5.52. The van der Waals surface area contributed by atoms with Crippen molar-refractivity contribution in [3.05, 3.63) is 46.8 Å². The van der Waals surface area contributed by atoms with Crippen LogP contribution in [-0.2, 0) is 0 Å². The van der Waals surface area contributed by atoms with E-state index < -0.39 is 0 Å². The second kappa shape index (κ2) is 7.84. The van der Waals surface area contributed by atoms with Gasteiger partial charge in [-0.25, -0.2) is 0 Å². The van der Waals surface area contributed by atoms with Crippen LogP contribution in [0.4, 0.5) is 0 Å². The maximum absolute atomic E-state index is 5.91. The average Bonchev–Trinajstić information content (AvgIpc) is 3.13. The van der Waals surface area contributed by atoms with Crippen molar-refractivity contribution in [2.24, 2.45) is 0 Å². The summed E-state index contributed by atoms with van der Waals surface area (Å²) in [6, 6.07) is 11.1. The highest BCUT2D eigenvalue weighted by Crippen LogP contribution is 2.41. The van der Waals surface area contributed by atoms with Gasteiger partial charge in [0.05, 0.1) is 11.5 Å². The zero-order valence-electron chi connectivity index (χ0n) is 15.1. The third-order valence-electron chi connectivity index (χ3n) is 4.30. The summed E-state index contributed by atoms with van der Waals surface area (Å²) in [7, 11) is 0. The molecule has 136 valence electrons. The summed E-state index contributed by atoms with van der Waals surface area (Å²) < 4.78 is 8.24. The highest BCUT2D eigenvalue weighted by Gasteiger charge is 2.30. The Hall–Kier alpha value is -1.79. The monoisotopic (exact) mass is 385 g/mol. The molecular formula is C20H23N3OS2. The van der Waals surface area contributed by atoms with Gasteiger partial charge in [-0.15, -0.1) is 21.5 Å². The van der Waals surface area contributed by atoms with Crippen LogP contribution >= 0.6 is 23.1 Å². The number of hydrogen-bond donors (Lipinski definition) is 0. The van der Waals surface area contributed by atoms with Crippen LogP contribution in [0.1, 0.15) is 36.4 Å². The SMILES string of the molecule is Cc1cc(C)cc(OCCCSc2nnc(-c3cccs3)n2C2CC2)c1. The average molecular weight is 386 g/mol. The third kappa shape index (κ3) is 4.13. The largest absolute Gasteiger partial charge is 0.494 e. The minimum Gasteiger partial charge on any atom is -0.494 e. The lowest BCUT2D eigenvalue weighted by Crippen LogP contribution is -2.02. The molecule has 1 saturated carbocycles. The Balaban J connectivity index is 1.32. The predicted molar refractivity (Wildman–Crippen MR) is 108 cm³/mol. The maximum atomic E-state index is 5.91. The lowest BCUT2D eigenvalue weighted by atomic mass is 10.1. The molecule has 1 aromatic carbocycles. The van der Waals surface area contributed by atoms with Crippen LogP contribution in [0.25, 0.3) is 10.7 Å².